The molecule has 2 rings (SSSR count). The van der Waals surface area contributed by atoms with Crippen molar-refractivity contribution in [3.05, 3.63) is 39.7 Å². The summed E-state index contributed by atoms with van der Waals surface area (Å²) in [5, 5.41) is 10.7. The van der Waals surface area contributed by atoms with Crippen LogP contribution in [0.3, 0.4) is 0 Å². The van der Waals surface area contributed by atoms with Crippen LogP contribution in [0.15, 0.2) is 18.2 Å². The largest absolute Gasteiger partial charge is 0.457 e. The van der Waals surface area contributed by atoms with Crippen LogP contribution in [0.4, 0.5) is 10.1 Å². The first kappa shape index (κ1) is 12.5. The van der Waals surface area contributed by atoms with Crippen LogP contribution in [-0.2, 0) is 9.53 Å². The van der Waals surface area contributed by atoms with E-state index in [1.165, 1.54) is 0 Å². The molecule has 6 heteroatoms. The summed E-state index contributed by atoms with van der Waals surface area (Å²) in [4.78, 5) is 21.4. The zero-order chi connectivity index (χ0) is 13.5. The fourth-order valence-electron chi connectivity index (χ4n) is 2.13. The van der Waals surface area contributed by atoms with E-state index in [-0.39, 0.29) is 17.7 Å². The second-order valence-electron chi connectivity index (χ2n) is 5.00. The number of esters is 1. The highest BCUT2D eigenvalue weighted by atomic mass is 19.1. The molecule has 1 aliphatic heterocycles. The lowest BCUT2D eigenvalue weighted by molar-refractivity contribution is -0.385. The maximum absolute atomic E-state index is 13.7. The quantitative estimate of drug-likeness (QED) is 0.461. The second kappa shape index (κ2) is 4.04. The molecule has 18 heavy (non-hydrogen) atoms. The molecule has 1 atom stereocenters. The minimum Gasteiger partial charge on any atom is -0.457 e. The van der Waals surface area contributed by atoms with Crippen molar-refractivity contribution in [2.24, 2.45) is 5.41 Å². The molecule has 5 nitrogen and oxygen atoms in total. The van der Waals surface area contributed by atoms with E-state index in [1.54, 1.807) is 13.8 Å². The molecule has 1 unspecified atom stereocenters. The molecule has 1 aromatic carbocycles. The molecule has 0 radical (unpaired) electrons. The number of hydrogen-bond donors (Lipinski definition) is 0. The summed E-state index contributed by atoms with van der Waals surface area (Å²) in [6, 6.07) is 3.23. The third-order valence-electron chi connectivity index (χ3n) is 3.03. The maximum atomic E-state index is 13.7. The third-order valence-corrected chi connectivity index (χ3v) is 3.03. The number of non-ortho nitro benzene ring substituents is 1. The highest BCUT2D eigenvalue weighted by Crippen LogP contribution is 2.46. The molecule has 0 aliphatic carbocycles. The van der Waals surface area contributed by atoms with Crippen molar-refractivity contribution in [1.82, 2.24) is 0 Å². The van der Waals surface area contributed by atoms with Gasteiger partial charge in [0, 0.05) is 23.1 Å². The van der Waals surface area contributed by atoms with E-state index in [0.717, 1.165) is 18.2 Å². The Morgan fingerprint density at radius 1 is 1.50 bits per heavy atom. The van der Waals surface area contributed by atoms with Gasteiger partial charge in [0.05, 0.1) is 11.3 Å². The van der Waals surface area contributed by atoms with Gasteiger partial charge in [-0.2, -0.15) is 0 Å². The Balaban J connectivity index is 2.47. The van der Waals surface area contributed by atoms with Crippen LogP contribution < -0.4 is 0 Å². The Morgan fingerprint density at radius 3 is 2.67 bits per heavy atom. The Kier molecular flexibility index (Phi) is 2.80. The smallest absolute Gasteiger partial charge is 0.307 e. The fourth-order valence-corrected chi connectivity index (χ4v) is 2.13. The number of rotatable bonds is 2. The molecule has 0 bridgehead atoms. The van der Waals surface area contributed by atoms with Gasteiger partial charge in [0.25, 0.3) is 5.69 Å². The van der Waals surface area contributed by atoms with E-state index in [4.69, 9.17) is 4.74 Å². The number of halogens is 1. The molecule has 1 aromatic rings. The predicted octanol–water partition coefficient (Wildman–Crippen LogP) is 2.75. The molecule has 0 aromatic heterocycles. The number of nitro benzene ring substituents is 1. The van der Waals surface area contributed by atoms with E-state index in [1.807, 2.05) is 0 Å². The summed E-state index contributed by atoms with van der Waals surface area (Å²) in [5.74, 6) is -1.02. The fraction of sp³-hybridized carbons (Fsp3) is 0.417. The summed E-state index contributed by atoms with van der Waals surface area (Å²) in [7, 11) is 0. The number of cyclic esters (lactones) is 1. The molecule has 1 saturated heterocycles. The minimum absolute atomic E-state index is 0.0556. The van der Waals surface area contributed by atoms with Crippen molar-refractivity contribution in [3.8, 4) is 0 Å². The van der Waals surface area contributed by atoms with Gasteiger partial charge < -0.3 is 4.74 Å². The zero-order valence-corrected chi connectivity index (χ0v) is 9.97. The van der Waals surface area contributed by atoms with E-state index in [0.29, 0.717) is 0 Å². The number of benzene rings is 1. The van der Waals surface area contributed by atoms with Crippen molar-refractivity contribution in [3.63, 3.8) is 0 Å². The summed E-state index contributed by atoms with van der Waals surface area (Å²) < 4.78 is 18.8. The van der Waals surface area contributed by atoms with E-state index in [9.17, 15) is 19.3 Å². The third kappa shape index (κ3) is 2.05. The molecule has 1 heterocycles. The van der Waals surface area contributed by atoms with E-state index in [2.05, 4.69) is 0 Å². The molecule has 96 valence electrons. The van der Waals surface area contributed by atoms with Gasteiger partial charge in [-0.05, 0) is 6.07 Å². The highest BCUT2D eigenvalue weighted by Gasteiger charge is 2.44. The number of nitrogens with zero attached hydrogens (tertiary/aromatic N) is 1. The van der Waals surface area contributed by atoms with Crippen LogP contribution in [-0.4, -0.2) is 10.9 Å². The van der Waals surface area contributed by atoms with E-state index >= 15 is 0 Å². The predicted molar refractivity (Wildman–Crippen MR) is 60.3 cm³/mol. The maximum Gasteiger partial charge on any atom is 0.307 e. The average Bonchev–Trinajstić information content (AvgIpc) is 2.52. The monoisotopic (exact) mass is 253 g/mol. The van der Waals surface area contributed by atoms with Crippen LogP contribution in [0.25, 0.3) is 0 Å². The Bertz CT molecular complexity index is 527. The van der Waals surface area contributed by atoms with Gasteiger partial charge in [0.15, 0.2) is 0 Å². The first-order valence-corrected chi connectivity index (χ1v) is 5.44. The van der Waals surface area contributed by atoms with Gasteiger partial charge in [-0.25, -0.2) is 4.39 Å². The molecular formula is C12H12FNO4. The molecule has 1 fully saturated rings. The SMILES string of the molecule is CC1(C)CC(=O)OC1c1cc([N+](=O)[O-])ccc1F. The van der Waals surface area contributed by atoms with Crippen LogP contribution in [0.2, 0.25) is 0 Å². The Hall–Kier alpha value is -1.98. The number of ether oxygens (including phenoxy) is 1. The van der Waals surface area contributed by atoms with Gasteiger partial charge in [0.1, 0.15) is 11.9 Å². The first-order valence-electron chi connectivity index (χ1n) is 5.44. The van der Waals surface area contributed by atoms with Gasteiger partial charge in [-0.1, -0.05) is 13.8 Å². The highest BCUT2D eigenvalue weighted by molar-refractivity contribution is 5.73. The summed E-state index contributed by atoms with van der Waals surface area (Å²) in [5.41, 5.74) is -0.738. The van der Waals surface area contributed by atoms with Crippen LogP contribution >= 0.6 is 0 Å². The van der Waals surface area contributed by atoms with Crippen molar-refractivity contribution in [2.75, 3.05) is 0 Å². The van der Waals surface area contributed by atoms with Gasteiger partial charge in [-0.3, -0.25) is 14.9 Å². The van der Waals surface area contributed by atoms with Crippen molar-refractivity contribution in [2.45, 2.75) is 26.4 Å². The molecule has 0 spiro atoms. The molecule has 0 N–H and O–H groups in total. The first-order chi connectivity index (χ1) is 8.31. The summed E-state index contributed by atoms with van der Waals surface area (Å²) in [6.07, 6.45) is -0.621. The van der Waals surface area contributed by atoms with Crippen LogP contribution in [0.5, 0.6) is 0 Å². The van der Waals surface area contributed by atoms with Crippen LogP contribution in [0, 0.1) is 21.3 Å². The lowest BCUT2D eigenvalue weighted by Crippen LogP contribution is -2.17. The summed E-state index contributed by atoms with van der Waals surface area (Å²) in [6.45, 7) is 3.53. The van der Waals surface area contributed by atoms with Gasteiger partial charge in [0.2, 0.25) is 0 Å². The normalized spacial score (nSPS) is 21.7. The van der Waals surface area contributed by atoms with Gasteiger partial charge in [-0.15, -0.1) is 0 Å². The molecule has 1 aliphatic rings. The molecular weight excluding hydrogens is 241 g/mol. The number of carbonyl (C=O) groups is 1. The molecule has 0 saturated carbocycles. The minimum atomic E-state index is -0.787. The Labute approximate surface area is 103 Å². The summed E-state index contributed by atoms with van der Waals surface area (Å²) >= 11 is 0. The number of nitro groups is 1. The number of carbonyl (C=O) groups excluding carboxylic acids is 1. The average molecular weight is 253 g/mol. The standard InChI is InChI=1S/C12H12FNO4/c1-12(2)6-10(15)18-11(12)8-5-7(14(16)17)3-4-9(8)13/h3-5,11H,6H2,1-2H3. The van der Waals surface area contributed by atoms with Crippen molar-refractivity contribution < 1.29 is 18.8 Å². The van der Waals surface area contributed by atoms with Gasteiger partial charge >= 0.3 is 5.97 Å². The second-order valence-corrected chi connectivity index (χ2v) is 5.00. The van der Waals surface area contributed by atoms with Crippen LogP contribution in [0.1, 0.15) is 31.9 Å². The Morgan fingerprint density at radius 2 is 2.17 bits per heavy atom. The van der Waals surface area contributed by atoms with Crippen molar-refractivity contribution >= 4 is 11.7 Å². The number of hydrogen-bond acceptors (Lipinski definition) is 4. The topological polar surface area (TPSA) is 69.4 Å². The molecule has 0 amide bonds. The van der Waals surface area contributed by atoms with E-state index < -0.39 is 28.2 Å². The lowest BCUT2D eigenvalue weighted by atomic mass is 9.82. The van der Waals surface area contributed by atoms with Crippen molar-refractivity contribution in [1.29, 1.82) is 0 Å². The lowest BCUT2D eigenvalue weighted by Gasteiger charge is -2.24. The zero-order valence-electron chi connectivity index (χ0n) is 9.97.